The van der Waals surface area contributed by atoms with E-state index in [2.05, 4.69) is 55.4 Å². The summed E-state index contributed by atoms with van der Waals surface area (Å²) in [6.45, 7) is 16.7. The monoisotopic (exact) mass is 304 g/mol. The van der Waals surface area contributed by atoms with Crippen LogP contribution in [0.1, 0.15) is 89.7 Å². The Morgan fingerprint density at radius 1 is 1.00 bits per heavy atom. The van der Waals surface area contributed by atoms with Crippen LogP contribution in [-0.4, -0.2) is 10.9 Å². The van der Waals surface area contributed by atoms with E-state index >= 15 is 0 Å². The van der Waals surface area contributed by atoms with E-state index in [4.69, 9.17) is 0 Å². The molecule has 0 aliphatic rings. The molecule has 0 amide bonds. The van der Waals surface area contributed by atoms with Crippen LogP contribution >= 0.6 is 0 Å². The Morgan fingerprint density at radius 3 is 1.73 bits per heavy atom. The molecule has 0 heterocycles. The van der Waals surface area contributed by atoms with Crippen molar-refractivity contribution in [3.63, 3.8) is 0 Å². The molecule has 2 nitrogen and oxygen atoms in total. The maximum Gasteiger partial charge on any atom is 0.162 e. The predicted molar refractivity (Wildman–Crippen MR) is 93.9 cm³/mol. The van der Waals surface area contributed by atoms with Crippen LogP contribution in [0.5, 0.6) is 5.75 Å². The van der Waals surface area contributed by atoms with Crippen molar-refractivity contribution in [1.29, 1.82) is 0 Å². The average Bonchev–Trinajstić information content (AvgIpc) is 2.33. The molecule has 0 atom stereocenters. The molecular formula is C20H32O2. The second kappa shape index (κ2) is 6.44. The van der Waals surface area contributed by atoms with Gasteiger partial charge in [0.1, 0.15) is 5.75 Å². The lowest BCUT2D eigenvalue weighted by atomic mass is 9.78. The molecule has 1 aromatic rings. The summed E-state index contributed by atoms with van der Waals surface area (Å²) in [6, 6.07) is 3.76. The van der Waals surface area contributed by atoms with Gasteiger partial charge >= 0.3 is 0 Å². The van der Waals surface area contributed by atoms with Gasteiger partial charge in [0.15, 0.2) is 5.78 Å². The first kappa shape index (κ1) is 18.7. The van der Waals surface area contributed by atoms with Gasteiger partial charge in [-0.25, -0.2) is 0 Å². The molecule has 0 saturated carbocycles. The molecule has 1 N–H and O–H groups in total. The fourth-order valence-electron chi connectivity index (χ4n) is 2.50. The third-order valence-electron chi connectivity index (χ3n) is 4.00. The summed E-state index contributed by atoms with van der Waals surface area (Å²) in [5.74, 6) is 1.02. The van der Waals surface area contributed by atoms with Crippen molar-refractivity contribution in [2.45, 2.75) is 79.1 Å². The highest BCUT2D eigenvalue weighted by Gasteiger charge is 2.27. The molecule has 0 aliphatic carbocycles. The first-order valence-corrected chi connectivity index (χ1v) is 8.25. The minimum absolute atomic E-state index is 0.171. The van der Waals surface area contributed by atoms with Gasteiger partial charge in [-0.15, -0.1) is 0 Å². The number of benzene rings is 1. The summed E-state index contributed by atoms with van der Waals surface area (Å²) in [5.41, 5.74) is 2.05. The highest BCUT2D eigenvalue weighted by molar-refractivity contribution is 5.96. The van der Waals surface area contributed by atoms with Crippen molar-refractivity contribution in [3.8, 4) is 5.75 Å². The molecule has 2 heteroatoms. The SMILES string of the molecule is CC(C)CCC(=O)c1cc(C(C)(C)C)c(O)c(C(C)(C)C)c1. The van der Waals surface area contributed by atoms with Gasteiger partial charge in [0.25, 0.3) is 0 Å². The Balaban J connectivity index is 3.39. The maximum absolute atomic E-state index is 12.5. The minimum atomic E-state index is -0.196. The molecule has 0 radical (unpaired) electrons. The zero-order valence-electron chi connectivity index (χ0n) is 15.5. The van der Waals surface area contributed by atoms with Gasteiger partial charge in [0.05, 0.1) is 0 Å². The van der Waals surface area contributed by atoms with E-state index in [1.807, 2.05) is 12.1 Å². The molecule has 0 aromatic heterocycles. The summed E-state index contributed by atoms with van der Waals surface area (Å²) < 4.78 is 0. The van der Waals surface area contributed by atoms with E-state index in [0.29, 0.717) is 18.1 Å². The van der Waals surface area contributed by atoms with Crippen molar-refractivity contribution in [3.05, 3.63) is 28.8 Å². The lowest BCUT2D eigenvalue weighted by Crippen LogP contribution is -2.19. The number of phenols is 1. The Labute approximate surface area is 135 Å². The van der Waals surface area contributed by atoms with E-state index in [0.717, 1.165) is 23.1 Å². The largest absolute Gasteiger partial charge is 0.507 e. The Kier molecular flexibility index (Phi) is 5.48. The maximum atomic E-state index is 12.5. The summed E-state index contributed by atoms with van der Waals surface area (Å²) in [4.78, 5) is 12.5. The summed E-state index contributed by atoms with van der Waals surface area (Å²) in [5, 5.41) is 10.7. The van der Waals surface area contributed by atoms with Gasteiger partial charge in [0, 0.05) is 23.1 Å². The predicted octanol–water partition coefficient (Wildman–Crippen LogP) is 5.61. The van der Waals surface area contributed by atoms with Crippen LogP contribution in [-0.2, 0) is 10.8 Å². The first-order chi connectivity index (χ1) is 9.84. The second-order valence-electron chi connectivity index (χ2n) is 8.78. The molecule has 0 saturated heterocycles. The summed E-state index contributed by atoms with van der Waals surface area (Å²) in [7, 11) is 0. The minimum Gasteiger partial charge on any atom is -0.507 e. The third kappa shape index (κ3) is 4.59. The number of hydrogen-bond donors (Lipinski definition) is 1. The zero-order chi connectivity index (χ0) is 17.3. The molecule has 0 unspecified atom stereocenters. The van der Waals surface area contributed by atoms with Crippen molar-refractivity contribution in [2.75, 3.05) is 0 Å². The van der Waals surface area contributed by atoms with Gasteiger partial charge in [-0.1, -0.05) is 55.4 Å². The van der Waals surface area contributed by atoms with Gasteiger partial charge < -0.3 is 5.11 Å². The first-order valence-electron chi connectivity index (χ1n) is 8.25. The average molecular weight is 304 g/mol. The molecular weight excluding hydrogens is 272 g/mol. The van der Waals surface area contributed by atoms with E-state index in [1.54, 1.807) is 0 Å². The lowest BCUT2D eigenvalue weighted by molar-refractivity contribution is 0.0975. The standard InChI is InChI=1S/C20H32O2/c1-13(2)9-10-17(21)14-11-15(19(3,4)5)18(22)16(12-14)20(6,7)8/h11-13,22H,9-10H2,1-8H3. The Morgan fingerprint density at radius 2 is 1.41 bits per heavy atom. The summed E-state index contributed by atoms with van der Waals surface area (Å²) in [6.07, 6.45) is 1.46. The molecule has 0 aliphatic heterocycles. The lowest BCUT2D eigenvalue weighted by Gasteiger charge is -2.28. The fourth-order valence-corrected chi connectivity index (χ4v) is 2.50. The molecule has 1 rings (SSSR count). The van der Waals surface area contributed by atoms with Crippen molar-refractivity contribution >= 4 is 5.78 Å². The molecule has 124 valence electrons. The number of ketones is 1. The van der Waals surface area contributed by atoms with Crippen molar-refractivity contribution in [2.24, 2.45) is 5.92 Å². The molecule has 0 fully saturated rings. The van der Waals surface area contributed by atoms with Crippen LogP contribution in [0.2, 0.25) is 0 Å². The number of carbonyl (C=O) groups excluding carboxylic acids is 1. The van der Waals surface area contributed by atoms with Crippen molar-refractivity contribution < 1.29 is 9.90 Å². The van der Waals surface area contributed by atoms with Gasteiger partial charge in [-0.2, -0.15) is 0 Å². The summed E-state index contributed by atoms with van der Waals surface area (Å²) >= 11 is 0. The quantitative estimate of drug-likeness (QED) is 0.734. The number of Topliss-reactive ketones (excluding diaryl/α,β-unsaturated/α-hetero) is 1. The van der Waals surface area contributed by atoms with Gasteiger partial charge in [-0.3, -0.25) is 4.79 Å². The van der Waals surface area contributed by atoms with Crippen LogP contribution in [0.15, 0.2) is 12.1 Å². The fraction of sp³-hybridized carbons (Fsp3) is 0.650. The van der Waals surface area contributed by atoms with E-state index in [1.165, 1.54) is 0 Å². The van der Waals surface area contributed by atoms with E-state index in [-0.39, 0.29) is 16.6 Å². The highest BCUT2D eigenvalue weighted by atomic mass is 16.3. The highest BCUT2D eigenvalue weighted by Crippen LogP contribution is 2.40. The number of phenolic OH excluding ortho intramolecular Hbond substituents is 1. The zero-order valence-corrected chi connectivity index (χ0v) is 15.5. The Bertz CT molecular complexity index is 505. The van der Waals surface area contributed by atoms with Crippen LogP contribution in [0.25, 0.3) is 0 Å². The van der Waals surface area contributed by atoms with Crippen LogP contribution in [0.4, 0.5) is 0 Å². The normalized spacial score (nSPS) is 12.8. The molecule has 0 bridgehead atoms. The number of carbonyl (C=O) groups is 1. The topological polar surface area (TPSA) is 37.3 Å². The van der Waals surface area contributed by atoms with E-state index in [9.17, 15) is 9.90 Å². The van der Waals surface area contributed by atoms with E-state index < -0.39 is 0 Å². The van der Waals surface area contributed by atoms with Crippen LogP contribution in [0.3, 0.4) is 0 Å². The number of hydrogen-bond acceptors (Lipinski definition) is 2. The molecule has 22 heavy (non-hydrogen) atoms. The van der Waals surface area contributed by atoms with Crippen molar-refractivity contribution in [1.82, 2.24) is 0 Å². The second-order valence-corrected chi connectivity index (χ2v) is 8.78. The smallest absolute Gasteiger partial charge is 0.162 e. The number of rotatable bonds is 4. The molecule has 0 spiro atoms. The van der Waals surface area contributed by atoms with Crippen LogP contribution in [0, 0.1) is 5.92 Å². The van der Waals surface area contributed by atoms with Gasteiger partial charge in [0.2, 0.25) is 0 Å². The molecule has 1 aromatic carbocycles. The Hall–Kier alpha value is -1.31. The van der Waals surface area contributed by atoms with Crippen LogP contribution < -0.4 is 0 Å². The number of aromatic hydroxyl groups is 1. The van der Waals surface area contributed by atoms with Gasteiger partial charge in [-0.05, 0) is 35.3 Å². The third-order valence-corrected chi connectivity index (χ3v) is 4.00.